The van der Waals surface area contributed by atoms with Crippen molar-refractivity contribution in [3.63, 3.8) is 0 Å². The summed E-state index contributed by atoms with van der Waals surface area (Å²) in [5.74, 6) is -0.875. The molecule has 1 rings (SSSR count). The van der Waals surface area contributed by atoms with E-state index in [1.165, 1.54) is 0 Å². The quantitative estimate of drug-likeness (QED) is 0.611. The van der Waals surface area contributed by atoms with Gasteiger partial charge in [-0.25, -0.2) is 4.79 Å². The molecule has 13 heavy (non-hydrogen) atoms. The van der Waals surface area contributed by atoms with Crippen LogP contribution in [0.25, 0.3) is 0 Å². The molecule has 1 heterocycles. The number of aliphatic hydroxyl groups excluding tert-OH is 1. The maximum absolute atomic E-state index is 10.4. The summed E-state index contributed by atoms with van der Waals surface area (Å²) in [5.41, 5.74) is 0.362. The Morgan fingerprint density at radius 3 is 2.85 bits per heavy atom. The van der Waals surface area contributed by atoms with Crippen molar-refractivity contribution >= 4 is 5.97 Å². The second-order valence-corrected chi connectivity index (χ2v) is 3.39. The van der Waals surface area contributed by atoms with Gasteiger partial charge in [0, 0.05) is 25.2 Å². The van der Waals surface area contributed by atoms with Gasteiger partial charge in [-0.2, -0.15) is 0 Å². The lowest BCUT2D eigenvalue weighted by atomic mass is 10.3. The van der Waals surface area contributed by atoms with Crippen molar-refractivity contribution in [2.75, 3.05) is 19.6 Å². The van der Waals surface area contributed by atoms with Gasteiger partial charge in [-0.05, 0) is 13.3 Å². The van der Waals surface area contributed by atoms with Crippen LogP contribution in [-0.4, -0.2) is 46.8 Å². The topological polar surface area (TPSA) is 60.8 Å². The second-order valence-electron chi connectivity index (χ2n) is 3.39. The highest BCUT2D eigenvalue weighted by atomic mass is 16.4. The minimum atomic E-state index is -0.875. The predicted molar refractivity (Wildman–Crippen MR) is 48.5 cm³/mol. The van der Waals surface area contributed by atoms with E-state index in [2.05, 4.69) is 0 Å². The first kappa shape index (κ1) is 10.2. The Balaban J connectivity index is 2.34. The Morgan fingerprint density at radius 1 is 1.69 bits per heavy atom. The summed E-state index contributed by atoms with van der Waals surface area (Å²) in [6.07, 6.45) is 2.24. The van der Waals surface area contributed by atoms with Crippen molar-refractivity contribution < 1.29 is 15.0 Å². The second kappa shape index (κ2) is 4.39. The summed E-state index contributed by atoms with van der Waals surface area (Å²) < 4.78 is 0. The monoisotopic (exact) mass is 185 g/mol. The molecule has 4 heteroatoms. The zero-order valence-electron chi connectivity index (χ0n) is 7.73. The molecule has 0 saturated carbocycles. The van der Waals surface area contributed by atoms with E-state index >= 15 is 0 Å². The van der Waals surface area contributed by atoms with Crippen molar-refractivity contribution in [1.82, 2.24) is 4.90 Å². The molecule has 1 unspecified atom stereocenters. The first-order valence-electron chi connectivity index (χ1n) is 4.40. The summed E-state index contributed by atoms with van der Waals surface area (Å²) in [4.78, 5) is 12.5. The minimum Gasteiger partial charge on any atom is -0.478 e. The highest BCUT2D eigenvalue weighted by Crippen LogP contribution is 2.08. The molecule has 2 N–H and O–H groups in total. The molecule has 0 bridgehead atoms. The van der Waals surface area contributed by atoms with Crippen LogP contribution in [0.1, 0.15) is 13.3 Å². The van der Waals surface area contributed by atoms with Gasteiger partial charge in [0.1, 0.15) is 0 Å². The summed E-state index contributed by atoms with van der Waals surface area (Å²) in [5, 5.41) is 17.8. The molecular formula is C9H15NO3. The number of rotatable bonds is 3. The van der Waals surface area contributed by atoms with Gasteiger partial charge in [0.2, 0.25) is 0 Å². The van der Waals surface area contributed by atoms with Gasteiger partial charge in [-0.15, -0.1) is 0 Å². The zero-order chi connectivity index (χ0) is 9.84. The van der Waals surface area contributed by atoms with Gasteiger partial charge in [-0.1, -0.05) is 6.08 Å². The highest BCUT2D eigenvalue weighted by molar-refractivity contribution is 5.85. The summed E-state index contributed by atoms with van der Waals surface area (Å²) in [6.45, 7) is 3.71. The van der Waals surface area contributed by atoms with Gasteiger partial charge >= 0.3 is 5.97 Å². The molecule has 0 spiro atoms. The lowest BCUT2D eigenvalue weighted by molar-refractivity contribution is -0.132. The van der Waals surface area contributed by atoms with E-state index < -0.39 is 5.97 Å². The number of likely N-dealkylation sites (tertiary alicyclic amines) is 1. The van der Waals surface area contributed by atoms with Crippen LogP contribution in [0.2, 0.25) is 0 Å². The van der Waals surface area contributed by atoms with Crippen molar-refractivity contribution in [1.29, 1.82) is 0 Å². The summed E-state index contributed by atoms with van der Waals surface area (Å²) >= 11 is 0. The van der Waals surface area contributed by atoms with E-state index in [4.69, 9.17) is 5.11 Å². The van der Waals surface area contributed by atoms with Crippen LogP contribution in [0.3, 0.4) is 0 Å². The minimum absolute atomic E-state index is 0.237. The van der Waals surface area contributed by atoms with Crippen molar-refractivity contribution in [3.05, 3.63) is 11.6 Å². The van der Waals surface area contributed by atoms with Crippen molar-refractivity contribution in [2.24, 2.45) is 0 Å². The lowest BCUT2D eigenvalue weighted by Crippen LogP contribution is -2.22. The standard InChI is InChI=1S/C9H15NO3/c1-7(9(12)13)2-4-10-5-3-8(11)6-10/h2,8,11H,3-6H2,1H3,(H,12,13). The van der Waals surface area contributed by atoms with Gasteiger partial charge in [0.15, 0.2) is 0 Å². The number of aliphatic hydroxyl groups is 1. The third-order valence-electron chi connectivity index (χ3n) is 2.24. The average molecular weight is 185 g/mol. The highest BCUT2D eigenvalue weighted by Gasteiger charge is 2.18. The van der Waals surface area contributed by atoms with E-state index in [-0.39, 0.29) is 6.10 Å². The Labute approximate surface area is 77.5 Å². The Hall–Kier alpha value is -0.870. The molecule has 1 atom stereocenters. The van der Waals surface area contributed by atoms with Crippen molar-refractivity contribution in [3.8, 4) is 0 Å². The van der Waals surface area contributed by atoms with E-state index in [9.17, 15) is 9.90 Å². The van der Waals surface area contributed by atoms with Crippen LogP contribution in [0.15, 0.2) is 11.6 Å². The fourth-order valence-corrected chi connectivity index (χ4v) is 1.33. The zero-order valence-corrected chi connectivity index (χ0v) is 7.73. The number of carboxylic acids is 1. The third kappa shape index (κ3) is 3.16. The summed E-state index contributed by atoms with van der Waals surface area (Å²) in [7, 11) is 0. The van der Waals surface area contributed by atoms with Crippen LogP contribution in [0, 0.1) is 0 Å². The molecule has 4 nitrogen and oxygen atoms in total. The molecule has 0 aromatic heterocycles. The molecule has 74 valence electrons. The summed E-state index contributed by atoms with van der Waals surface area (Å²) in [6, 6.07) is 0. The smallest absolute Gasteiger partial charge is 0.330 e. The molecule has 0 amide bonds. The molecule has 0 radical (unpaired) electrons. The normalized spacial score (nSPS) is 25.1. The molecular weight excluding hydrogens is 170 g/mol. The van der Waals surface area contributed by atoms with Crippen LogP contribution >= 0.6 is 0 Å². The Kier molecular flexibility index (Phi) is 3.45. The van der Waals surface area contributed by atoms with Crippen molar-refractivity contribution in [2.45, 2.75) is 19.4 Å². The van der Waals surface area contributed by atoms with Crippen LogP contribution in [0.4, 0.5) is 0 Å². The first-order valence-corrected chi connectivity index (χ1v) is 4.40. The molecule has 0 aliphatic carbocycles. The maximum Gasteiger partial charge on any atom is 0.330 e. The average Bonchev–Trinajstić information content (AvgIpc) is 2.47. The Morgan fingerprint density at radius 2 is 2.38 bits per heavy atom. The number of hydrogen-bond acceptors (Lipinski definition) is 3. The van der Waals surface area contributed by atoms with Gasteiger partial charge in [-0.3, -0.25) is 4.90 Å². The molecule has 1 aliphatic rings. The fraction of sp³-hybridized carbons (Fsp3) is 0.667. The number of hydrogen-bond donors (Lipinski definition) is 2. The number of carboxylic acid groups (broad SMARTS) is 1. The van der Waals surface area contributed by atoms with Gasteiger partial charge < -0.3 is 10.2 Å². The molecule has 0 aromatic carbocycles. The number of β-amino-alcohol motifs (C(OH)–C–C–N with tert-alkyl or cyclic N) is 1. The van der Waals surface area contributed by atoms with E-state index in [0.717, 1.165) is 13.0 Å². The SMILES string of the molecule is CC(=CCN1CCC(O)C1)C(=O)O. The molecule has 0 aromatic rings. The molecule has 1 fully saturated rings. The fourth-order valence-electron chi connectivity index (χ4n) is 1.33. The van der Waals surface area contributed by atoms with E-state index in [0.29, 0.717) is 18.7 Å². The van der Waals surface area contributed by atoms with Crippen LogP contribution in [0.5, 0.6) is 0 Å². The Bertz CT molecular complexity index is 225. The van der Waals surface area contributed by atoms with E-state index in [1.807, 2.05) is 4.90 Å². The van der Waals surface area contributed by atoms with Gasteiger partial charge in [0.05, 0.1) is 6.10 Å². The number of aliphatic carboxylic acids is 1. The van der Waals surface area contributed by atoms with Crippen LogP contribution < -0.4 is 0 Å². The molecule has 1 aliphatic heterocycles. The lowest BCUT2D eigenvalue weighted by Gasteiger charge is -2.11. The molecule has 1 saturated heterocycles. The van der Waals surface area contributed by atoms with Crippen LogP contribution in [-0.2, 0) is 4.79 Å². The number of nitrogens with zero attached hydrogens (tertiary/aromatic N) is 1. The van der Waals surface area contributed by atoms with Gasteiger partial charge in [0.25, 0.3) is 0 Å². The van der Waals surface area contributed by atoms with E-state index in [1.54, 1.807) is 13.0 Å². The third-order valence-corrected chi connectivity index (χ3v) is 2.24. The first-order chi connectivity index (χ1) is 6.09. The predicted octanol–water partition coefficient (Wildman–Crippen LogP) is 0.0839. The number of carbonyl (C=O) groups is 1. The maximum atomic E-state index is 10.4. The largest absolute Gasteiger partial charge is 0.478 e.